The molecule has 2 heteroatoms. The zero-order chi connectivity index (χ0) is 9.68. The molecule has 0 bridgehead atoms. The van der Waals surface area contributed by atoms with Crippen LogP contribution in [-0.4, -0.2) is 30.6 Å². The molecule has 2 nitrogen and oxygen atoms in total. The van der Waals surface area contributed by atoms with E-state index in [4.69, 9.17) is 5.73 Å². The molecule has 0 aromatic rings. The minimum absolute atomic E-state index is 0.804. The van der Waals surface area contributed by atoms with Crippen LogP contribution in [0.5, 0.6) is 0 Å². The van der Waals surface area contributed by atoms with Gasteiger partial charge < -0.3 is 10.6 Å². The Bertz CT molecular complexity index is 134. The van der Waals surface area contributed by atoms with Crippen LogP contribution in [0.3, 0.4) is 0 Å². The molecule has 1 saturated heterocycles. The maximum atomic E-state index is 5.54. The third kappa shape index (κ3) is 3.28. The number of nitrogens with two attached hydrogens (primary N) is 1. The zero-order valence-electron chi connectivity index (χ0n) is 9.13. The fourth-order valence-electron chi connectivity index (χ4n) is 2.34. The molecule has 1 rings (SSSR count). The van der Waals surface area contributed by atoms with Gasteiger partial charge in [0.15, 0.2) is 0 Å². The normalized spacial score (nSPS) is 25.4. The number of piperidine rings is 1. The van der Waals surface area contributed by atoms with Gasteiger partial charge in [-0.2, -0.15) is 0 Å². The largest absolute Gasteiger partial charge is 0.330 e. The lowest BCUT2D eigenvalue weighted by atomic mass is 9.93. The lowest BCUT2D eigenvalue weighted by Gasteiger charge is -2.38. The van der Waals surface area contributed by atoms with Crippen LogP contribution in [0, 0.1) is 5.92 Å². The summed E-state index contributed by atoms with van der Waals surface area (Å²) in [7, 11) is 0. The fraction of sp³-hybridized carbons (Fsp3) is 1.00. The molecule has 0 aliphatic carbocycles. The summed E-state index contributed by atoms with van der Waals surface area (Å²) in [6, 6.07) is 0.820. The second kappa shape index (κ2) is 5.61. The molecule has 1 unspecified atom stereocenters. The summed E-state index contributed by atoms with van der Waals surface area (Å²) in [5, 5.41) is 0. The van der Waals surface area contributed by atoms with Crippen LogP contribution >= 0.6 is 0 Å². The summed E-state index contributed by atoms with van der Waals surface area (Å²) in [5.41, 5.74) is 5.54. The molecule has 0 aromatic heterocycles. The van der Waals surface area contributed by atoms with E-state index in [1.165, 1.54) is 32.4 Å². The van der Waals surface area contributed by atoms with Gasteiger partial charge in [0, 0.05) is 6.04 Å². The lowest BCUT2D eigenvalue weighted by molar-refractivity contribution is 0.111. The summed E-state index contributed by atoms with van der Waals surface area (Å²) >= 11 is 0. The van der Waals surface area contributed by atoms with Gasteiger partial charge in [0.25, 0.3) is 0 Å². The first-order valence-electron chi connectivity index (χ1n) is 5.70. The van der Waals surface area contributed by atoms with E-state index in [0.717, 1.165) is 24.9 Å². The third-order valence-corrected chi connectivity index (χ3v) is 3.08. The average Bonchev–Trinajstić information content (AvgIpc) is 2.15. The van der Waals surface area contributed by atoms with Crippen molar-refractivity contribution in [3.63, 3.8) is 0 Å². The van der Waals surface area contributed by atoms with Gasteiger partial charge in [-0.25, -0.2) is 0 Å². The summed E-state index contributed by atoms with van der Waals surface area (Å²) in [6.07, 6.45) is 5.35. The number of nitrogens with zero attached hydrogens (tertiary/aromatic N) is 1. The SMILES string of the molecule is CC(C)C1CCCCN1CCCN. The van der Waals surface area contributed by atoms with Crippen molar-refractivity contribution in [2.24, 2.45) is 11.7 Å². The average molecular weight is 184 g/mol. The van der Waals surface area contributed by atoms with E-state index in [1.807, 2.05) is 0 Å². The molecule has 78 valence electrons. The lowest BCUT2D eigenvalue weighted by Crippen LogP contribution is -2.43. The van der Waals surface area contributed by atoms with Crippen molar-refractivity contribution in [2.45, 2.75) is 45.6 Å². The van der Waals surface area contributed by atoms with E-state index in [1.54, 1.807) is 0 Å². The first kappa shape index (κ1) is 11.0. The molecule has 13 heavy (non-hydrogen) atoms. The Morgan fingerprint density at radius 2 is 2.15 bits per heavy atom. The number of hydrogen-bond acceptors (Lipinski definition) is 2. The number of rotatable bonds is 4. The van der Waals surface area contributed by atoms with Gasteiger partial charge >= 0.3 is 0 Å². The maximum absolute atomic E-state index is 5.54. The van der Waals surface area contributed by atoms with Gasteiger partial charge in [-0.1, -0.05) is 20.3 Å². The molecule has 0 aromatic carbocycles. The van der Waals surface area contributed by atoms with Crippen LogP contribution in [0.2, 0.25) is 0 Å². The van der Waals surface area contributed by atoms with E-state index < -0.39 is 0 Å². The highest BCUT2D eigenvalue weighted by molar-refractivity contribution is 4.79. The van der Waals surface area contributed by atoms with Crippen molar-refractivity contribution in [3.05, 3.63) is 0 Å². The maximum Gasteiger partial charge on any atom is 0.0118 e. The second-order valence-electron chi connectivity index (χ2n) is 4.49. The quantitative estimate of drug-likeness (QED) is 0.722. The zero-order valence-corrected chi connectivity index (χ0v) is 9.13. The second-order valence-corrected chi connectivity index (χ2v) is 4.49. The van der Waals surface area contributed by atoms with Crippen LogP contribution in [0.15, 0.2) is 0 Å². The Hall–Kier alpha value is -0.0800. The fourth-order valence-corrected chi connectivity index (χ4v) is 2.34. The van der Waals surface area contributed by atoms with Gasteiger partial charge in [-0.05, 0) is 44.8 Å². The van der Waals surface area contributed by atoms with Gasteiger partial charge in [-0.3, -0.25) is 0 Å². The van der Waals surface area contributed by atoms with Crippen LogP contribution in [-0.2, 0) is 0 Å². The molecule has 1 heterocycles. The Morgan fingerprint density at radius 3 is 2.77 bits per heavy atom. The summed E-state index contributed by atoms with van der Waals surface area (Å²) < 4.78 is 0. The highest BCUT2D eigenvalue weighted by Crippen LogP contribution is 2.22. The van der Waals surface area contributed by atoms with Crippen LogP contribution in [0.1, 0.15) is 39.5 Å². The first-order valence-corrected chi connectivity index (χ1v) is 5.70. The van der Waals surface area contributed by atoms with Gasteiger partial charge in [0.05, 0.1) is 0 Å². The topological polar surface area (TPSA) is 29.3 Å². The molecular weight excluding hydrogens is 160 g/mol. The molecular formula is C11H24N2. The van der Waals surface area contributed by atoms with Crippen molar-refractivity contribution < 1.29 is 0 Å². The molecule has 1 atom stereocenters. The molecule has 0 amide bonds. The van der Waals surface area contributed by atoms with E-state index >= 15 is 0 Å². The number of likely N-dealkylation sites (tertiary alicyclic amines) is 1. The Kier molecular flexibility index (Phi) is 4.74. The minimum atomic E-state index is 0.804. The van der Waals surface area contributed by atoms with Crippen molar-refractivity contribution in [1.82, 2.24) is 4.90 Å². The Balaban J connectivity index is 2.37. The van der Waals surface area contributed by atoms with Crippen molar-refractivity contribution in [2.75, 3.05) is 19.6 Å². The summed E-state index contributed by atoms with van der Waals surface area (Å²) in [5.74, 6) is 0.804. The van der Waals surface area contributed by atoms with E-state index in [9.17, 15) is 0 Å². The van der Waals surface area contributed by atoms with E-state index in [2.05, 4.69) is 18.7 Å². The molecule has 1 fully saturated rings. The van der Waals surface area contributed by atoms with Crippen molar-refractivity contribution in [1.29, 1.82) is 0 Å². The Morgan fingerprint density at radius 1 is 1.38 bits per heavy atom. The highest BCUT2D eigenvalue weighted by Gasteiger charge is 2.23. The molecule has 0 saturated carbocycles. The molecule has 1 aliphatic rings. The van der Waals surface area contributed by atoms with E-state index in [0.29, 0.717) is 0 Å². The van der Waals surface area contributed by atoms with Crippen molar-refractivity contribution >= 4 is 0 Å². The Labute approximate surface area is 82.5 Å². The number of hydrogen-bond donors (Lipinski definition) is 1. The summed E-state index contributed by atoms with van der Waals surface area (Å²) in [6.45, 7) is 8.01. The van der Waals surface area contributed by atoms with Crippen molar-refractivity contribution in [3.8, 4) is 0 Å². The minimum Gasteiger partial charge on any atom is -0.330 e. The molecule has 0 spiro atoms. The molecule has 2 N–H and O–H groups in total. The first-order chi connectivity index (χ1) is 6.25. The summed E-state index contributed by atoms with van der Waals surface area (Å²) in [4.78, 5) is 2.64. The van der Waals surface area contributed by atoms with Crippen LogP contribution in [0.25, 0.3) is 0 Å². The predicted octanol–water partition coefficient (Wildman–Crippen LogP) is 1.85. The standard InChI is InChI=1S/C11H24N2/c1-10(2)11-6-3-4-8-13(11)9-5-7-12/h10-11H,3-9,12H2,1-2H3. The smallest absolute Gasteiger partial charge is 0.0118 e. The van der Waals surface area contributed by atoms with Crippen LogP contribution < -0.4 is 5.73 Å². The van der Waals surface area contributed by atoms with Gasteiger partial charge in [0.2, 0.25) is 0 Å². The van der Waals surface area contributed by atoms with Gasteiger partial charge in [0.1, 0.15) is 0 Å². The highest BCUT2D eigenvalue weighted by atomic mass is 15.2. The van der Waals surface area contributed by atoms with Crippen LogP contribution in [0.4, 0.5) is 0 Å². The third-order valence-electron chi connectivity index (χ3n) is 3.08. The van der Waals surface area contributed by atoms with Gasteiger partial charge in [-0.15, -0.1) is 0 Å². The monoisotopic (exact) mass is 184 g/mol. The predicted molar refractivity (Wildman–Crippen MR) is 57.7 cm³/mol. The molecule has 0 radical (unpaired) electrons. The molecule has 1 aliphatic heterocycles. The van der Waals surface area contributed by atoms with E-state index in [-0.39, 0.29) is 0 Å².